The minimum absolute atomic E-state index is 1.08. The van der Waals surface area contributed by atoms with Gasteiger partial charge in [-0.2, -0.15) is 0 Å². The molecule has 10 aromatic carbocycles. The molecule has 0 fully saturated rings. The first-order valence-corrected chi connectivity index (χ1v) is 20.9. The van der Waals surface area contributed by atoms with Gasteiger partial charge in [0.05, 0.1) is 27.8 Å². The van der Waals surface area contributed by atoms with Crippen LogP contribution in [0.3, 0.4) is 0 Å². The van der Waals surface area contributed by atoms with Gasteiger partial charge in [0.15, 0.2) is 0 Å². The van der Waals surface area contributed by atoms with E-state index in [2.05, 4.69) is 251 Å². The molecule has 61 heavy (non-hydrogen) atoms. The van der Waals surface area contributed by atoms with Crippen molar-refractivity contribution in [3.8, 4) is 33.6 Å². The second kappa shape index (κ2) is 14.3. The summed E-state index contributed by atoms with van der Waals surface area (Å²) in [7, 11) is 0. The van der Waals surface area contributed by atoms with Crippen LogP contribution in [0.4, 0.5) is 17.1 Å². The molecular formula is C58H39N3. The maximum absolute atomic E-state index is 2.44. The van der Waals surface area contributed by atoms with E-state index in [0.717, 1.165) is 45.1 Å². The summed E-state index contributed by atoms with van der Waals surface area (Å²) in [6.07, 6.45) is 0. The number of rotatable bonds is 7. The Morgan fingerprint density at radius 3 is 1.61 bits per heavy atom. The summed E-state index contributed by atoms with van der Waals surface area (Å²) in [6.45, 7) is 0. The maximum atomic E-state index is 2.44. The van der Waals surface area contributed by atoms with Crippen molar-refractivity contribution in [2.45, 2.75) is 0 Å². The maximum Gasteiger partial charge on any atom is 0.0562 e. The van der Waals surface area contributed by atoms with E-state index in [9.17, 15) is 0 Å². The molecule has 0 aliphatic rings. The monoisotopic (exact) mass is 777 g/mol. The summed E-state index contributed by atoms with van der Waals surface area (Å²) in [5.74, 6) is 0. The predicted octanol–water partition coefficient (Wildman–Crippen LogP) is 15.8. The van der Waals surface area contributed by atoms with Crippen LogP contribution in [0.2, 0.25) is 0 Å². The van der Waals surface area contributed by atoms with Crippen LogP contribution in [0, 0.1) is 0 Å². The van der Waals surface area contributed by atoms with E-state index in [-0.39, 0.29) is 0 Å². The SMILES string of the molecule is c1ccc(-c2ccc(N(c3ccc4c5c6ccccc6ccc5n(-c5ccccc5)c4c3)c3ccccc3-c3ccc4c5ccccc5n(-c5ccccc5)c4c3)cc2)cc1. The average molecular weight is 778 g/mol. The Morgan fingerprint density at radius 2 is 0.836 bits per heavy atom. The van der Waals surface area contributed by atoms with Crippen molar-refractivity contribution in [1.29, 1.82) is 0 Å². The van der Waals surface area contributed by atoms with Crippen LogP contribution in [0.5, 0.6) is 0 Å². The number of benzene rings is 10. The first-order valence-electron chi connectivity index (χ1n) is 20.9. The van der Waals surface area contributed by atoms with Gasteiger partial charge >= 0.3 is 0 Å². The second-order valence-electron chi connectivity index (χ2n) is 15.7. The van der Waals surface area contributed by atoms with Crippen LogP contribution in [-0.4, -0.2) is 9.13 Å². The van der Waals surface area contributed by atoms with Crippen LogP contribution in [0.1, 0.15) is 0 Å². The van der Waals surface area contributed by atoms with Gasteiger partial charge in [-0.25, -0.2) is 0 Å². The molecule has 0 saturated carbocycles. The second-order valence-corrected chi connectivity index (χ2v) is 15.7. The number of hydrogen-bond acceptors (Lipinski definition) is 1. The van der Waals surface area contributed by atoms with Gasteiger partial charge in [-0.1, -0.05) is 164 Å². The van der Waals surface area contributed by atoms with Gasteiger partial charge in [0.25, 0.3) is 0 Å². The number of para-hydroxylation sites is 4. The summed E-state index contributed by atoms with van der Waals surface area (Å²) < 4.78 is 4.83. The molecule has 2 heterocycles. The highest BCUT2D eigenvalue weighted by Crippen LogP contribution is 2.45. The number of aromatic nitrogens is 2. The Balaban J connectivity index is 1.10. The van der Waals surface area contributed by atoms with Gasteiger partial charge in [-0.3, -0.25) is 0 Å². The summed E-state index contributed by atoms with van der Waals surface area (Å²) in [5, 5.41) is 7.48. The third kappa shape index (κ3) is 5.74. The van der Waals surface area contributed by atoms with E-state index in [0.29, 0.717) is 0 Å². The molecular weight excluding hydrogens is 739 g/mol. The molecule has 0 bridgehead atoms. The van der Waals surface area contributed by atoms with Crippen molar-refractivity contribution in [2.24, 2.45) is 0 Å². The third-order valence-electron chi connectivity index (χ3n) is 12.3. The Bertz CT molecular complexity index is 3560. The van der Waals surface area contributed by atoms with E-state index >= 15 is 0 Å². The van der Waals surface area contributed by atoms with Crippen molar-refractivity contribution in [2.75, 3.05) is 4.90 Å². The van der Waals surface area contributed by atoms with E-state index in [1.54, 1.807) is 0 Å². The van der Waals surface area contributed by atoms with Crippen molar-refractivity contribution >= 4 is 71.4 Å². The molecule has 3 nitrogen and oxygen atoms in total. The molecule has 3 heteroatoms. The lowest BCUT2D eigenvalue weighted by atomic mass is 9.99. The fourth-order valence-electron chi connectivity index (χ4n) is 9.54. The van der Waals surface area contributed by atoms with Gasteiger partial charge < -0.3 is 14.0 Å². The molecule has 0 amide bonds. The molecule has 286 valence electrons. The van der Waals surface area contributed by atoms with Crippen molar-refractivity contribution in [3.05, 3.63) is 237 Å². The highest BCUT2D eigenvalue weighted by molar-refractivity contribution is 6.22. The zero-order valence-corrected chi connectivity index (χ0v) is 33.4. The highest BCUT2D eigenvalue weighted by atomic mass is 15.1. The van der Waals surface area contributed by atoms with E-state index in [1.165, 1.54) is 60.0 Å². The Kier molecular flexibility index (Phi) is 8.17. The molecule has 0 N–H and O–H groups in total. The van der Waals surface area contributed by atoms with E-state index < -0.39 is 0 Å². The van der Waals surface area contributed by atoms with Crippen LogP contribution in [-0.2, 0) is 0 Å². The predicted molar refractivity (Wildman–Crippen MR) is 258 cm³/mol. The third-order valence-corrected chi connectivity index (χ3v) is 12.3. The van der Waals surface area contributed by atoms with Crippen molar-refractivity contribution < 1.29 is 0 Å². The normalized spacial score (nSPS) is 11.6. The molecule has 0 aliphatic carbocycles. The van der Waals surface area contributed by atoms with Gasteiger partial charge in [0, 0.05) is 49.9 Å². The standard InChI is InChI=1S/C58H39N3/c1-4-16-40(17-5-1)41-28-32-46(33-29-41)59(47-34-36-52-57(39-47)61(45-21-8-3-9-22-45)55-37-31-42-18-10-11-24-49(42)58(52)55)53-26-14-12-23-48(53)43-30-35-51-50-25-13-15-27-54(50)60(56(51)38-43)44-19-6-2-7-20-44/h1-39H. The van der Waals surface area contributed by atoms with E-state index in [1.807, 2.05) is 0 Å². The van der Waals surface area contributed by atoms with Crippen LogP contribution >= 0.6 is 0 Å². The van der Waals surface area contributed by atoms with Gasteiger partial charge in [0.1, 0.15) is 0 Å². The molecule has 12 aromatic rings. The van der Waals surface area contributed by atoms with Crippen LogP contribution < -0.4 is 4.90 Å². The fraction of sp³-hybridized carbons (Fsp3) is 0. The first kappa shape index (κ1) is 34.9. The summed E-state index contributed by atoms with van der Waals surface area (Å²) >= 11 is 0. The molecule has 12 rings (SSSR count). The largest absolute Gasteiger partial charge is 0.310 e. The van der Waals surface area contributed by atoms with Gasteiger partial charge in [-0.05, 0) is 100 Å². The summed E-state index contributed by atoms with van der Waals surface area (Å²) in [5.41, 5.74) is 15.0. The quantitative estimate of drug-likeness (QED) is 0.157. The van der Waals surface area contributed by atoms with Gasteiger partial charge in [-0.15, -0.1) is 0 Å². The first-order chi connectivity index (χ1) is 30.3. The zero-order valence-electron chi connectivity index (χ0n) is 33.4. The Hall–Kier alpha value is -8.14. The molecule has 2 aromatic heterocycles. The molecule has 0 unspecified atom stereocenters. The number of hydrogen-bond donors (Lipinski definition) is 0. The topological polar surface area (TPSA) is 13.1 Å². The average Bonchev–Trinajstić information content (AvgIpc) is 3.85. The van der Waals surface area contributed by atoms with Crippen LogP contribution in [0.15, 0.2) is 237 Å². The smallest absolute Gasteiger partial charge is 0.0562 e. The lowest BCUT2D eigenvalue weighted by Crippen LogP contribution is -2.11. The van der Waals surface area contributed by atoms with Crippen molar-refractivity contribution in [1.82, 2.24) is 9.13 Å². The minimum Gasteiger partial charge on any atom is -0.310 e. The van der Waals surface area contributed by atoms with Gasteiger partial charge in [0.2, 0.25) is 0 Å². The number of anilines is 3. The van der Waals surface area contributed by atoms with Crippen LogP contribution in [0.25, 0.3) is 88.0 Å². The summed E-state index contributed by atoms with van der Waals surface area (Å²) in [6, 6.07) is 86.0. The lowest BCUT2D eigenvalue weighted by Gasteiger charge is -2.28. The molecule has 0 saturated heterocycles. The molecule has 0 aliphatic heterocycles. The van der Waals surface area contributed by atoms with Crippen molar-refractivity contribution in [3.63, 3.8) is 0 Å². The lowest BCUT2D eigenvalue weighted by molar-refractivity contribution is 1.18. The minimum atomic E-state index is 1.08. The molecule has 0 spiro atoms. The highest BCUT2D eigenvalue weighted by Gasteiger charge is 2.22. The zero-order chi connectivity index (χ0) is 40.3. The molecule has 0 atom stereocenters. The Labute approximate surface area is 354 Å². The molecule has 0 radical (unpaired) electrons. The number of nitrogens with zero attached hydrogens (tertiary/aromatic N) is 3. The summed E-state index contributed by atoms with van der Waals surface area (Å²) in [4.78, 5) is 2.44. The van der Waals surface area contributed by atoms with E-state index in [4.69, 9.17) is 0 Å². The fourth-order valence-corrected chi connectivity index (χ4v) is 9.54. The number of fused-ring (bicyclic) bond motifs is 8. The Morgan fingerprint density at radius 1 is 0.295 bits per heavy atom.